The SMILES string of the molecule is COc1ccc(-c2cc3cc(N)ccc3o2)cc1OC. The van der Waals surface area contributed by atoms with Gasteiger partial charge in [-0.2, -0.15) is 0 Å². The summed E-state index contributed by atoms with van der Waals surface area (Å²) in [5.74, 6) is 2.13. The van der Waals surface area contributed by atoms with Crippen molar-refractivity contribution < 1.29 is 13.9 Å². The first kappa shape index (κ1) is 12.4. The van der Waals surface area contributed by atoms with Crippen molar-refractivity contribution in [1.29, 1.82) is 0 Å². The van der Waals surface area contributed by atoms with Crippen molar-refractivity contribution >= 4 is 16.7 Å². The van der Waals surface area contributed by atoms with Gasteiger partial charge in [-0.3, -0.25) is 0 Å². The van der Waals surface area contributed by atoms with Gasteiger partial charge >= 0.3 is 0 Å². The summed E-state index contributed by atoms with van der Waals surface area (Å²) >= 11 is 0. The van der Waals surface area contributed by atoms with Gasteiger partial charge in [0, 0.05) is 16.6 Å². The first-order valence-electron chi connectivity index (χ1n) is 6.23. The predicted octanol–water partition coefficient (Wildman–Crippen LogP) is 3.70. The van der Waals surface area contributed by atoms with Crippen LogP contribution in [0.25, 0.3) is 22.3 Å². The van der Waals surface area contributed by atoms with E-state index >= 15 is 0 Å². The fourth-order valence-electron chi connectivity index (χ4n) is 2.19. The highest BCUT2D eigenvalue weighted by molar-refractivity contribution is 5.85. The van der Waals surface area contributed by atoms with Crippen LogP contribution < -0.4 is 15.2 Å². The van der Waals surface area contributed by atoms with Crippen LogP contribution in [-0.4, -0.2) is 14.2 Å². The maximum Gasteiger partial charge on any atom is 0.161 e. The van der Waals surface area contributed by atoms with Crippen molar-refractivity contribution in [3.63, 3.8) is 0 Å². The Labute approximate surface area is 116 Å². The van der Waals surface area contributed by atoms with Crippen LogP contribution in [-0.2, 0) is 0 Å². The second-order valence-electron chi connectivity index (χ2n) is 4.48. The maximum atomic E-state index is 5.83. The number of hydrogen-bond acceptors (Lipinski definition) is 4. The second kappa shape index (κ2) is 4.81. The summed E-state index contributed by atoms with van der Waals surface area (Å²) in [5, 5.41) is 0.981. The van der Waals surface area contributed by atoms with E-state index in [1.165, 1.54) is 0 Å². The minimum Gasteiger partial charge on any atom is -0.493 e. The van der Waals surface area contributed by atoms with E-state index in [2.05, 4.69) is 0 Å². The molecule has 0 bridgehead atoms. The zero-order valence-electron chi connectivity index (χ0n) is 11.3. The Morgan fingerprint density at radius 3 is 2.45 bits per heavy atom. The number of benzene rings is 2. The van der Waals surface area contributed by atoms with Crippen LogP contribution in [0.15, 0.2) is 46.9 Å². The summed E-state index contributed by atoms with van der Waals surface area (Å²) < 4.78 is 16.4. The maximum absolute atomic E-state index is 5.83. The van der Waals surface area contributed by atoms with Gasteiger partial charge < -0.3 is 19.6 Å². The third-order valence-corrected chi connectivity index (χ3v) is 3.21. The van der Waals surface area contributed by atoms with Crippen LogP contribution in [0.3, 0.4) is 0 Å². The number of rotatable bonds is 3. The fraction of sp³-hybridized carbons (Fsp3) is 0.125. The van der Waals surface area contributed by atoms with E-state index < -0.39 is 0 Å². The number of methoxy groups -OCH3 is 2. The van der Waals surface area contributed by atoms with E-state index in [0.717, 1.165) is 28.0 Å². The van der Waals surface area contributed by atoms with E-state index in [4.69, 9.17) is 19.6 Å². The molecule has 0 saturated heterocycles. The molecule has 1 aromatic heterocycles. The molecular formula is C16H15NO3. The number of hydrogen-bond donors (Lipinski definition) is 1. The van der Waals surface area contributed by atoms with Gasteiger partial charge in [-0.1, -0.05) is 0 Å². The third kappa shape index (κ3) is 2.05. The molecule has 0 aliphatic carbocycles. The Hall–Kier alpha value is -2.62. The van der Waals surface area contributed by atoms with Crippen molar-refractivity contribution in [3.8, 4) is 22.8 Å². The van der Waals surface area contributed by atoms with Gasteiger partial charge in [-0.15, -0.1) is 0 Å². The first-order chi connectivity index (χ1) is 9.71. The minimum absolute atomic E-state index is 0.671. The van der Waals surface area contributed by atoms with Gasteiger partial charge in [-0.05, 0) is 42.5 Å². The number of fused-ring (bicyclic) bond motifs is 1. The first-order valence-corrected chi connectivity index (χ1v) is 6.23. The van der Waals surface area contributed by atoms with E-state index in [0.29, 0.717) is 11.5 Å². The average Bonchev–Trinajstić information content (AvgIpc) is 2.89. The van der Waals surface area contributed by atoms with Crippen LogP contribution in [0.5, 0.6) is 11.5 Å². The Bertz CT molecular complexity index is 762. The molecule has 0 spiro atoms. The summed E-state index contributed by atoms with van der Waals surface area (Å²) in [6.45, 7) is 0. The molecule has 3 rings (SSSR count). The van der Waals surface area contributed by atoms with Gasteiger partial charge in [0.15, 0.2) is 11.5 Å². The Kier molecular flexibility index (Phi) is 2.99. The molecule has 4 heteroatoms. The van der Waals surface area contributed by atoms with Crippen LogP contribution in [0.4, 0.5) is 5.69 Å². The lowest BCUT2D eigenvalue weighted by Gasteiger charge is -2.08. The van der Waals surface area contributed by atoms with Crippen molar-refractivity contribution in [1.82, 2.24) is 0 Å². The highest BCUT2D eigenvalue weighted by Gasteiger charge is 2.10. The number of ether oxygens (including phenoxy) is 2. The molecule has 4 nitrogen and oxygen atoms in total. The standard InChI is InChI=1S/C16H15NO3/c1-18-14-5-3-10(8-16(14)19-2)15-9-11-7-12(17)4-6-13(11)20-15/h3-9H,17H2,1-2H3. The smallest absolute Gasteiger partial charge is 0.161 e. The molecule has 0 fully saturated rings. The van der Waals surface area contributed by atoms with E-state index in [1.807, 2.05) is 42.5 Å². The molecule has 0 amide bonds. The van der Waals surface area contributed by atoms with Crippen LogP contribution in [0, 0.1) is 0 Å². The molecule has 1 heterocycles. The Morgan fingerprint density at radius 1 is 0.900 bits per heavy atom. The third-order valence-electron chi connectivity index (χ3n) is 3.21. The molecule has 0 aliphatic heterocycles. The fourth-order valence-corrected chi connectivity index (χ4v) is 2.19. The lowest BCUT2D eigenvalue weighted by Crippen LogP contribution is -1.90. The summed E-state index contributed by atoms with van der Waals surface area (Å²) in [7, 11) is 3.22. The highest BCUT2D eigenvalue weighted by Crippen LogP contribution is 2.35. The summed E-state index contributed by atoms with van der Waals surface area (Å²) in [5.41, 5.74) is 8.23. The zero-order valence-corrected chi connectivity index (χ0v) is 11.3. The lowest BCUT2D eigenvalue weighted by atomic mass is 10.1. The highest BCUT2D eigenvalue weighted by atomic mass is 16.5. The molecule has 2 N–H and O–H groups in total. The number of nitrogen functional groups attached to an aromatic ring is 1. The molecule has 102 valence electrons. The number of anilines is 1. The van der Waals surface area contributed by atoms with Gasteiger partial charge in [0.25, 0.3) is 0 Å². The molecule has 3 aromatic rings. The number of nitrogens with two attached hydrogens (primary N) is 1. The molecular weight excluding hydrogens is 254 g/mol. The van der Waals surface area contributed by atoms with Gasteiger partial charge in [0.05, 0.1) is 14.2 Å². The van der Waals surface area contributed by atoms with Crippen LogP contribution in [0.2, 0.25) is 0 Å². The van der Waals surface area contributed by atoms with Crippen molar-refractivity contribution in [2.75, 3.05) is 20.0 Å². The molecule has 0 unspecified atom stereocenters. The number of furan rings is 1. The molecule has 20 heavy (non-hydrogen) atoms. The monoisotopic (exact) mass is 269 g/mol. The average molecular weight is 269 g/mol. The van der Waals surface area contributed by atoms with E-state index in [1.54, 1.807) is 14.2 Å². The van der Waals surface area contributed by atoms with Crippen LogP contribution in [0.1, 0.15) is 0 Å². The summed E-state index contributed by atoms with van der Waals surface area (Å²) in [4.78, 5) is 0. The molecule has 2 aromatic carbocycles. The van der Waals surface area contributed by atoms with Crippen molar-refractivity contribution in [2.24, 2.45) is 0 Å². The van der Waals surface area contributed by atoms with Crippen molar-refractivity contribution in [2.45, 2.75) is 0 Å². The van der Waals surface area contributed by atoms with Crippen LogP contribution >= 0.6 is 0 Å². The Morgan fingerprint density at radius 2 is 1.70 bits per heavy atom. The zero-order chi connectivity index (χ0) is 14.1. The molecule has 0 atom stereocenters. The molecule has 0 aliphatic rings. The second-order valence-corrected chi connectivity index (χ2v) is 4.48. The van der Waals surface area contributed by atoms with Gasteiger partial charge in [0.1, 0.15) is 11.3 Å². The topological polar surface area (TPSA) is 57.6 Å². The minimum atomic E-state index is 0.671. The van der Waals surface area contributed by atoms with E-state index in [9.17, 15) is 0 Å². The van der Waals surface area contributed by atoms with Gasteiger partial charge in [-0.25, -0.2) is 0 Å². The molecule has 0 radical (unpaired) electrons. The van der Waals surface area contributed by atoms with Gasteiger partial charge in [0.2, 0.25) is 0 Å². The Balaban J connectivity index is 2.10. The quantitative estimate of drug-likeness (QED) is 0.736. The lowest BCUT2D eigenvalue weighted by molar-refractivity contribution is 0.355. The summed E-state index contributed by atoms with van der Waals surface area (Å²) in [6, 6.07) is 13.2. The molecule has 0 saturated carbocycles. The normalized spacial score (nSPS) is 10.7. The predicted molar refractivity (Wildman–Crippen MR) is 79.2 cm³/mol. The largest absolute Gasteiger partial charge is 0.493 e. The van der Waals surface area contributed by atoms with Crippen molar-refractivity contribution in [3.05, 3.63) is 42.5 Å². The van der Waals surface area contributed by atoms with E-state index in [-0.39, 0.29) is 0 Å². The summed E-state index contributed by atoms with van der Waals surface area (Å²) in [6.07, 6.45) is 0.